The highest BCUT2D eigenvalue weighted by Gasteiger charge is 2.19. The fraction of sp³-hybridized carbons (Fsp3) is 0.538. The monoisotopic (exact) mass is 239 g/mol. The molecule has 0 aromatic heterocycles. The Balaban J connectivity index is 3.24. The van der Waals surface area contributed by atoms with Crippen LogP contribution < -0.4 is 19.9 Å². The first-order chi connectivity index (χ1) is 7.91. The minimum atomic E-state index is -0.315. The molecule has 4 heteroatoms. The van der Waals surface area contributed by atoms with Gasteiger partial charge in [0.25, 0.3) is 0 Å². The molecule has 0 aliphatic rings. The highest BCUT2D eigenvalue weighted by molar-refractivity contribution is 5.52. The first kappa shape index (κ1) is 13.6. The molecule has 0 fully saturated rings. The van der Waals surface area contributed by atoms with Crippen molar-refractivity contribution in [1.82, 2.24) is 0 Å². The molecule has 0 saturated heterocycles. The zero-order valence-electron chi connectivity index (χ0n) is 11.2. The molecule has 0 radical (unpaired) electrons. The lowest BCUT2D eigenvalue weighted by Crippen LogP contribution is -2.34. The summed E-state index contributed by atoms with van der Waals surface area (Å²) in [5.41, 5.74) is 6.70. The van der Waals surface area contributed by atoms with Gasteiger partial charge in [0, 0.05) is 17.2 Å². The van der Waals surface area contributed by atoms with Gasteiger partial charge in [-0.1, -0.05) is 0 Å². The molecule has 0 atom stereocenters. The van der Waals surface area contributed by atoms with Crippen LogP contribution >= 0.6 is 0 Å². The Kier molecular flexibility index (Phi) is 4.23. The summed E-state index contributed by atoms with van der Waals surface area (Å²) in [6, 6.07) is 3.72. The molecule has 2 N–H and O–H groups in total. The predicted molar refractivity (Wildman–Crippen MR) is 68.1 cm³/mol. The van der Waals surface area contributed by atoms with E-state index in [1.165, 1.54) is 0 Å². The number of benzene rings is 1. The average molecular weight is 239 g/mol. The summed E-state index contributed by atoms with van der Waals surface area (Å²) in [5.74, 6) is 2.11. The van der Waals surface area contributed by atoms with Crippen LogP contribution in [0.3, 0.4) is 0 Å². The molecule has 0 amide bonds. The summed E-state index contributed by atoms with van der Waals surface area (Å²) < 4.78 is 15.9. The number of ether oxygens (including phenoxy) is 3. The van der Waals surface area contributed by atoms with Gasteiger partial charge in [-0.05, 0) is 26.3 Å². The third-order valence-electron chi connectivity index (χ3n) is 2.41. The number of hydrogen-bond donors (Lipinski definition) is 1. The van der Waals surface area contributed by atoms with E-state index in [2.05, 4.69) is 0 Å². The predicted octanol–water partition coefficient (Wildman–Crippen LogP) is 1.99. The van der Waals surface area contributed by atoms with Crippen molar-refractivity contribution in [3.05, 3.63) is 17.7 Å². The summed E-state index contributed by atoms with van der Waals surface area (Å²) in [7, 11) is 4.85. The van der Waals surface area contributed by atoms with E-state index >= 15 is 0 Å². The van der Waals surface area contributed by atoms with Gasteiger partial charge in [0.1, 0.15) is 5.75 Å². The molecule has 0 spiro atoms. The average Bonchev–Trinajstić information content (AvgIpc) is 2.25. The third-order valence-corrected chi connectivity index (χ3v) is 2.41. The maximum absolute atomic E-state index is 6.04. The molecule has 0 unspecified atom stereocenters. The Morgan fingerprint density at radius 1 is 1.06 bits per heavy atom. The fourth-order valence-electron chi connectivity index (χ4n) is 1.76. The normalized spacial score (nSPS) is 11.2. The maximum Gasteiger partial charge on any atom is 0.164 e. The molecule has 1 aromatic carbocycles. The summed E-state index contributed by atoms with van der Waals surface area (Å²) in [4.78, 5) is 0. The fourth-order valence-corrected chi connectivity index (χ4v) is 1.76. The molecule has 1 aromatic rings. The van der Waals surface area contributed by atoms with Gasteiger partial charge in [-0.3, -0.25) is 0 Å². The van der Waals surface area contributed by atoms with Gasteiger partial charge in [-0.15, -0.1) is 0 Å². The van der Waals surface area contributed by atoms with Crippen LogP contribution in [0.25, 0.3) is 0 Å². The quantitative estimate of drug-likeness (QED) is 0.853. The van der Waals surface area contributed by atoms with Crippen LogP contribution in [0.2, 0.25) is 0 Å². The van der Waals surface area contributed by atoms with Crippen molar-refractivity contribution in [2.24, 2.45) is 5.73 Å². The zero-order chi connectivity index (χ0) is 13.1. The molecular formula is C13H21NO3. The second kappa shape index (κ2) is 5.27. The molecule has 96 valence electrons. The summed E-state index contributed by atoms with van der Waals surface area (Å²) in [6.45, 7) is 3.94. The van der Waals surface area contributed by atoms with Crippen molar-refractivity contribution < 1.29 is 14.2 Å². The van der Waals surface area contributed by atoms with E-state index in [1.54, 1.807) is 27.4 Å². The standard InChI is InChI=1S/C13H21NO3/c1-13(2,14)8-9-6-10(15-3)7-11(16-4)12(9)17-5/h6-7H,8,14H2,1-5H3. The SMILES string of the molecule is COc1cc(CC(C)(C)N)c(OC)c(OC)c1. The van der Waals surface area contributed by atoms with Crippen LogP contribution in [0.4, 0.5) is 0 Å². The van der Waals surface area contributed by atoms with Gasteiger partial charge >= 0.3 is 0 Å². The Morgan fingerprint density at radius 3 is 2.12 bits per heavy atom. The number of hydrogen-bond acceptors (Lipinski definition) is 4. The molecule has 0 bridgehead atoms. The highest BCUT2D eigenvalue weighted by atomic mass is 16.5. The lowest BCUT2D eigenvalue weighted by molar-refractivity contribution is 0.342. The van der Waals surface area contributed by atoms with E-state index in [0.29, 0.717) is 17.9 Å². The smallest absolute Gasteiger partial charge is 0.164 e. The van der Waals surface area contributed by atoms with Crippen molar-refractivity contribution in [3.63, 3.8) is 0 Å². The second-order valence-corrected chi connectivity index (χ2v) is 4.69. The van der Waals surface area contributed by atoms with Crippen LogP contribution in [-0.4, -0.2) is 26.9 Å². The molecular weight excluding hydrogens is 218 g/mol. The minimum Gasteiger partial charge on any atom is -0.497 e. The largest absolute Gasteiger partial charge is 0.497 e. The Hall–Kier alpha value is -1.42. The van der Waals surface area contributed by atoms with E-state index in [0.717, 1.165) is 11.3 Å². The Morgan fingerprint density at radius 2 is 1.71 bits per heavy atom. The third kappa shape index (κ3) is 3.53. The Labute approximate surface area is 103 Å². The van der Waals surface area contributed by atoms with Crippen molar-refractivity contribution in [2.75, 3.05) is 21.3 Å². The summed E-state index contributed by atoms with van der Waals surface area (Å²) in [6.07, 6.45) is 0.684. The van der Waals surface area contributed by atoms with Crippen LogP contribution in [0, 0.1) is 0 Å². The molecule has 0 aliphatic heterocycles. The lowest BCUT2D eigenvalue weighted by Gasteiger charge is -2.21. The van der Waals surface area contributed by atoms with Gasteiger partial charge in [-0.2, -0.15) is 0 Å². The van der Waals surface area contributed by atoms with Crippen LogP contribution in [0.5, 0.6) is 17.2 Å². The number of nitrogens with two attached hydrogens (primary N) is 1. The maximum atomic E-state index is 6.04. The summed E-state index contributed by atoms with van der Waals surface area (Å²) >= 11 is 0. The van der Waals surface area contributed by atoms with Crippen molar-refractivity contribution in [1.29, 1.82) is 0 Å². The first-order valence-corrected chi connectivity index (χ1v) is 5.49. The van der Waals surface area contributed by atoms with Gasteiger partial charge < -0.3 is 19.9 Å². The minimum absolute atomic E-state index is 0.315. The van der Waals surface area contributed by atoms with Crippen LogP contribution in [0.15, 0.2) is 12.1 Å². The molecule has 0 heterocycles. The van der Waals surface area contributed by atoms with E-state index in [1.807, 2.05) is 19.9 Å². The van der Waals surface area contributed by atoms with E-state index in [9.17, 15) is 0 Å². The van der Waals surface area contributed by atoms with Gasteiger partial charge in [0.15, 0.2) is 11.5 Å². The van der Waals surface area contributed by atoms with Gasteiger partial charge in [0.05, 0.1) is 21.3 Å². The van der Waals surface area contributed by atoms with Gasteiger partial charge in [-0.25, -0.2) is 0 Å². The highest BCUT2D eigenvalue weighted by Crippen LogP contribution is 2.36. The lowest BCUT2D eigenvalue weighted by atomic mass is 9.95. The van der Waals surface area contributed by atoms with Crippen LogP contribution in [0.1, 0.15) is 19.4 Å². The molecule has 0 aliphatic carbocycles. The number of rotatable bonds is 5. The van der Waals surface area contributed by atoms with E-state index in [4.69, 9.17) is 19.9 Å². The first-order valence-electron chi connectivity index (χ1n) is 5.49. The van der Waals surface area contributed by atoms with Crippen molar-refractivity contribution in [2.45, 2.75) is 25.8 Å². The molecule has 1 rings (SSSR count). The number of methoxy groups -OCH3 is 3. The van der Waals surface area contributed by atoms with Crippen molar-refractivity contribution in [3.8, 4) is 17.2 Å². The van der Waals surface area contributed by atoms with Crippen LogP contribution in [-0.2, 0) is 6.42 Å². The molecule has 17 heavy (non-hydrogen) atoms. The topological polar surface area (TPSA) is 53.7 Å². The van der Waals surface area contributed by atoms with Crippen molar-refractivity contribution >= 4 is 0 Å². The zero-order valence-corrected chi connectivity index (χ0v) is 11.2. The Bertz CT molecular complexity index is 383. The summed E-state index contributed by atoms with van der Waals surface area (Å²) in [5, 5.41) is 0. The van der Waals surface area contributed by atoms with Gasteiger partial charge in [0.2, 0.25) is 0 Å². The molecule has 0 saturated carbocycles. The van der Waals surface area contributed by atoms with E-state index in [-0.39, 0.29) is 5.54 Å². The van der Waals surface area contributed by atoms with E-state index < -0.39 is 0 Å². The second-order valence-electron chi connectivity index (χ2n) is 4.69. The molecule has 4 nitrogen and oxygen atoms in total.